The number of rotatable bonds is 6. The van der Waals surface area contributed by atoms with Gasteiger partial charge in [-0.05, 0) is 12.1 Å². The lowest BCUT2D eigenvalue weighted by molar-refractivity contribution is 0.0824. The van der Waals surface area contributed by atoms with Gasteiger partial charge in [-0.3, -0.25) is 4.79 Å². The molecule has 9 nitrogen and oxygen atoms in total. The molecule has 0 bridgehead atoms. The second-order valence-corrected chi connectivity index (χ2v) is 7.31. The molecule has 0 saturated carbocycles. The van der Waals surface area contributed by atoms with Gasteiger partial charge < -0.3 is 25.1 Å². The van der Waals surface area contributed by atoms with Crippen LogP contribution in [-0.2, 0) is 17.7 Å². The van der Waals surface area contributed by atoms with E-state index < -0.39 is 11.2 Å². The molecule has 3 rings (SSSR count). The van der Waals surface area contributed by atoms with E-state index in [9.17, 15) is 14.1 Å². The maximum absolute atomic E-state index is 12.1. The van der Waals surface area contributed by atoms with Crippen molar-refractivity contribution >= 4 is 45.9 Å². The fraction of sp³-hybridized carbons (Fsp3) is 0.235. The molecule has 1 aliphatic rings. The van der Waals surface area contributed by atoms with Crippen molar-refractivity contribution in [2.45, 2.75) is 6.54 Å². The van der Waals surface area contributed by atoms with Crippen molar-refractivity contribution in [3.63, 3.8) is 0 Å². The number of phenols is 1. The van der Waals surface area contributed by atoms with Crippen LogP contribution in [0.2, 0.25) is 5.02 Å². The molecule has 0 aliphatic carbocycles. The second kappa shape index (κ2) is 8.44. The van der Waals surface area contributed by atoms with E-state index in [4.69, 9.17) is 16.0 Å². The summed E-state index contributed by atoms with van der Waals surface area (Å²) in [4.78, 5) is 13.5. The number of halogens is 1. The highest BCUT2D eigenvalue weighted by Crippen LogP contribution is 2.28. The number of hydrogen-bond donors (Lipinski definition) is 3. The fourth-order valence-corrected chi connectivity index (χ4v) is 3.31. The molecule has 0 saturated heterocycles. The van der Waals surface area contributed by atoms with Crippen LogP contribution in [0.15, 0.2) is 43.7 Å². The number of amidine groups is 1. The van der Waals surface area contributed by atoms with Crippen LogP contribution < -0.4 is 10.6 Å². The number of aromatic hydroxyl groups is 1. The van der Waals surface area contributed by atoms with Gasteiger partial charge in [0.1, 0.15) is 17.7 Å². The molecular formula is C17H18ClN5O4S. The number of amides is 1. The van der Waals surface area contributed by atoms with Gasteiger partial charge >= 0.3 is 0 Å². The average molecular weight is 424 g/mol. The van der Waals surface area contributed by atoms with Crippen molar-refractivity contribution in [1.82, 2.24) is 10.2 Å². The monoisotopic (exact) mass is 423 g/mol. The highest BCUT2D eigenvalue weighted by molar-refractivity contribution is 7.83. The Morgan fingerprint density at radius 3 is 2.75 bits per heavy atom. The highest BCUT2D eigenvalue weighted by Gasteiger charge is 2.21. The molecule has 11 heteroatoms. The number of phenolic OH excluding ortho intramolecular Hbond substituents is 1. The van der Waals surface area contributed by atoms with E-state index in [-0.39, 0.29) is 23.8 Å². The zero-order valence-electron chi connectivity index (χ0n) is 15.1. The molecule has 148 valence electrons. The van der Waals surface area contributed by atoms with Gasteiger partial charge in [-0.2, -0.15) is 4.40 Å². The molecule has 1 aliphatic heterocycles. The van der Waals surface area contributed by atoms with Crippen LogP contribution >= 0.6 is 11.6 Å². The van der Waals surface area contributed by atoms with Crippen LogP contribution in [0, 0.1) is 0 Å². The maximum atomic E-state index is 12.1. The molecular weight excluding hydrogens is 406 g/mol. The van der Waals surface area contributed by atoms with Crippen LogP contribution in [0.3, 0.4) is 0 Å². The number of hydrogen-bond acceptors (Lipinski definition) is 6. The van der Waals surface area contributed by atoms with Gasteiger partial charge in [0.05, 0.1) is 29.4 Å². The number of nitrogens with one attached hydrogen (secondary N) is 2. The quantitative estimate of drug-likeness (QED) is 0.611. The number of benzene rings is 1. The van der Waals surface area contributed by atoms with Crippen molar-refractivity contribution < 1.29 is 18.5 Å². The summed E-state index contributed by atoms with van der Waals surface area (Å²) in [6.45, 7) is 0.434. The Labute approximate surface area is 168 Å². The van der Waals surface area contributed by atoms with Crippen molar-refractivity contribution in [3.8, 4) is 5.75 Å². The third-order valence-corrected chi connectivity index (χ3v) is 4.72. The first-order valence-corrected chi connectivity index (χ1v) is 9.62. The van der Waals surface area contributed by atoms with Crippen LogP contribution in [0.5, 0.6) is 5.75 Å². The third kappa shape index (κ3) is 4.52. The van der Waals surface area contributed by atoms with Gasteiger partial charge in [0, 0.05) is 20.2 Å². The predicted octanol–water partition coefficient (Wildman–Crippen LogP) is 1.97. The lowest BCUT2D eigenvalue weighted by Crippen LogP contribution is -2.33. The van der Waals surface area contributed by atoms with Crippen LogP contribution in [0.25, 0.3) is 0 Å². The Hall–Kier alpha value is -2.85. The molecule has 0 fully saturated rings. The summed E-state index contributed by atoms with van der Waals surface area (Å²) in [5.74, 6) is 0.447. The van der Waals surface area contributed by atoms with Crippen molar-refractivity contribution in [1.29, 1.82) is 0 Å². The van der Waals surface area contributed by atoms with E-state index >= 15 is 0 Å². The first-order valence-electron chi connectivity index (χ1n) is 8.18. The summed E-state index contributed by atoms with van der Waals surface area (Å²) in [5.41, 5.74) is 0.943. The molecule has 1 amide bonds. The Bertz CT molecular complexity index is 986. The van der Waals surface area contributed by atoms with Crippen molar-refractivity contribution in [3.05, 3.63) is 46.9 Å². The van der Waals surface area contributed by atoms with Crippen LogP contribution in [0.4, 0.5) is 5.69 Å². The van der Waals surface area contributed by atoms with E-state index in [1.807, 2.05) is 0 Å². The number of carbonyl (C=O) groups excluding carboxylic acids is 1. The molecule has 1 aromatic heterocycles. The van der Waals surface area contributed by atoms with Gasteiger partial charge in [0.2, 0.25) is 0 Å². The van der Waals surface area contributed by atoms with Gasteiger partial charge in [-0.15, -0.1) is 4.40 Å². The first kappa shape index (κ1) is 19.9. The SMILES string of the molecule is CN(C)C(=O)c1cccc(NCC2=NS(=O)N=C2NCc2cc(Cl)co2)c1O. The summed E-state index contributed by atoms with van der Waals surface area (Å²) in [6, 6.07) is 6.47. The fourth-order valence-electron chi connectivity index (χ4n) is 2.43. The van der Waals surface area contributed by atoms with Gasteiger partial charge in [-0.25, -0.2) is 4.21 Å². The number of para-hydroxylation sites is 1. The molecule has 1 unspecified atom stereocenters. The summed E-state index contributed by atoms with van der Waals surface area (Å²) < 4.78 is 24.8. The van der Waals surface area contributed by atoms with E-state index in [0.717, 1.165) is 0 Å². The largest absolute Gasteiger partial charge is 0.505 e. The lowest BCUT2D eigenvalue weighted by Gasteiger charge is -2.15. The van der Waals surface area contributed by atoms with E-state index in [1.165, 1.54) is 17.2 Å². The molecule has 1 aromatic carbocycles. The number of carbonyl (C=O) groups is 1. The summed E-state index contributed by atoms with van der Waals surface area (Å²) in [7, 11) is 3.20. The highest BCUT2D eigenvalue weighted by atomic mass is 35.5. The minimum Gasteiger partial charge on any atom is -0.505 e. The molecule has 28 heavy (non-hydrogen) atoms. The van der Waals surface area contributed by atoms with E-state index in [2.05, 4.69) is 19.4 Å². The van der Waals surface area contributed by atoms with Gasteiger partial charge in [0.25, 0.3) is 17.1 Å². The van der Waals surface area contributed by atoms with Gasteiger partial charge in [0.15, 0.2) is 11.6 Å². The molecule has 0 radical (unpaired) electrons. The Morgan fingerprint density at radius 1 is 1.29 bits per heavy atom. The Morgan fingerprint density at radius 2 is 2.07 bits per heavy atom. The molecule has 2 heterocycles. The molecule has 0 spiro atoms. The summed E-state index contributed by atoms with van der Waals surface area (Å²) >= 11 is 4.09. The minimum absolute atomic E-state index is 0.143. The minimum atomic E-state index is -1.72. The van der Waals surface area contributed by atoms with E-state index in [1.54, 1.807) is 32.3 Å². The van der Waals surface area contributed by atoms with Gasteiger partial charge in [-0.1, -0.05) is 17.7 Å². The Kier molecular flexibility index (Phi) is 6.00. The van der Waals surface area contributed by atoms with Crippen LogP contribution in [-0.4, -0.2) is 52.3 Å². The third-order valence-electron chi connectivity index (χ3n) is 3.80. The molecule has 3 N–H and O–H groups in total. The van der Waals surface area contributed by atoms with E-state index in [0.29, 0.717) is 34.6 Å². The predicted molar refractivity (Wildman–Crippen MR) is 108 cm³/mol. The topological polar surface area (TPSA) is 120 Å². The smallest absolute Gasteiger partial charge is 0.268 e. The number of anilines is 1. The normalized spacial score (nSPS) is 15.8. The van der Waals surface area contributed by atoms with Crippen molar-refractivity contribution in [2.75, 3.05) is 26.0 Å². The molecule has 2 aromatic rings. The standard InChI is InChI=1S/C17H18ClN5O4S/c1-23(2)17(25)12-4-3-5-13(15(12)24)19-8-14-16(22-28(26)21-14)20-7-11-6-10(18)9-27-11/h3-6,9,19,24H,7-8H2,1-2H3,(H,20,22). The van der Waals surface area contributed by atoms with Crippen LogP contribution in [0.1, 0.15) is 16.1 Å². The first-order chi connectivity index (χ1) is 13.3. The summed E-state index contributed by atoms with van der Waals surface area (Å²) in [6.07, 6.45) is 1.41. The zero-order chi connectivity index (χ0) is 20.3. The second-order valence-electron chi connectivity index (χ2n) is 6.05. The number of furan rings is 1. The average Bonchev–Trinajstić information content (AvgIpc) is 3.23. The van der Waals surface area contributed by atoms with Crippen molar-refractivity contribution in [2.24, 2.45) is 8.80 Å². The lowest BCUT2D eigenvalue weighted by atomic mass is 10.1. The summed E-state index contributed by atoms with van der Waals surface area (Å²) in [5, 5.41) is 16.8. The number of nitrogens with zero attached hydrogens (tertiary/aromatic N) is 3. The Balaban J connectivity index is 1.67. The molecule has 1 atom stereocenters. The zero-order valence-corrected chi connectivity index (χ0v) is 16.7. The maximum Gasteiger partial charge on any atom is 0.268 e.